The molecular weight excluding hydrogens is 162 g/mol. The Hall–Kier alpha value is -0.0800. The number of β-amino-alcohol motifs (C(OH)–C–C–N with tert-alkyl or cyclic N) is 1. The molecule has 1 saturated carbocycles. The fraction of sp³-hybridized carbons (Fsp3) is 1.00. The summed E-state index contributed by atoms with van der Waals surface area (Å²) in [7, 11) is 0. The zero-order valence-corrected chi connectivity index (χ0v) is 8.63. The number of rotatable bonds is 3. The van der Waals surface area contributed by atoms with Crippen molar-refractivity contribution >= 4 is 0 Å². The number of likely N-dealkylation sites (tertiary alicyclic amines) is 1. The highest BCUT2D eigenvalue weighted by Crippen LogP contribution is 2.45. The summed E-state index contributed by atoms with van der Waals surface area (Å²) in [5.74, 6) is 0. The van der Waals surface area contributed by atoms with Gasteiger partial charge in [-0.05, 0) is 45.1 Å². The van der Waals surface area contributed by atoms with Crippen molar-refractivity contribution in [1.29, 1.82) is 0 Å². The molecule has 1 unspecified atom stereocenters. The number of aliphatic hydroxyl groups excluding tert-OH is 1. The maximum atomic E-state index is 9.63. The molecule has 0 bridgehead atoms. The lowest BCUT2D eigenvalue weighted by atomic mass is 9.75. The molecule has 76 valence electrons. The van der Waals surface area contributed by atoms with Crippen LogP contribution in [-0.2, 0) is 0 Å². The summed E-state index contributed by atoms with van der Waals surface area (Å²) in [5, 5.41) is 9.63. The lowest BCUT2D eigenvalue weighted by Gasteiger charge is -2.46. The van der Waals surface area contributed by atoms with E-state index in [0.29, 0.717) is 5.54 Å². The molecule has 1 aliphatic heterocycles. The summed E-state index contributed by atoms with van der Waals surface area (Å²) in [5.41, 5.74) is 0.538. The molecule has 2 aliphatic rings. The summed E-state index contributed by atoms with van der Waals surface area (Å²) in [6, 6.07) is 0. The quantitative estimate of drug-likeness (QED) is 0.721. The van der Waals surface area contributed by atoms with Gasteiger partial charge in [-0.2, -0.15) is 0 Å². The minimum atomic E-state index is -0.101. The molecule has 1 spiro atoms. The van der Waals surface area contributed by atoms with Gasteiger partial charge in [0.15, 0.2) is 0 Å². The van der Waals surface area contributed by atoms with E-state index in [-0.39, 0.29) is 6.10 Å². The molecular formula is C11H21NO. The molecule has 13 heavy (non-hydrogen) atoms. The van der Waals surface area contributed by atoms with Crippen molar-refractivity contribution in [1.82, 2.24) is 4.90 Å². The number of aliphatic hydroxyl groups is 1. The first-order chi connectivity index (χ1) is 6.27. The lowest BCUT2D eigenvalue weighted by molar-refractivity contribution is 0.0152. The Morgan fingerprint density at radius 1 is 1.31 bits per heavy atom. The average molecular weight is 183 g/mol. The van der Waals surface area contributed by atoms with Crippen LogP contribution in [-0.4, -0.2) is 34.7 Å². The van der Waals surface area contributed by atoms with Crippen molar-refractivity contribution in [3.8, 4) is 0 Å². The van der Waals surface area contributed by atoms with Gasteiger partial charge in [0.2, 0.25) is 0 Å². The normalized spacial score (nSPS) is 29.1. The molecule has 0 aromatic carbocycles. The Labute approximate surface area is 80.9 Å². The number of hydrogen-bond donors (Lipinski definition) is 1. The van der Waals surface area contributed by atoms with Crippen LogP contribution < -0.4 is 0 Å². The highest BCUT2D eigenvalue weighted by Gasteiger charge is 2.45. The van der Waals surface area contributed by atoms with Gasteiger partial charge >= 0.3 is 0 Å². The first-order valence-corrected chi connectivity index (χ1v) is 5.70. The SMILES string of the molecule is CCC(O)CN1CCCC12CCC2. The van der Waals surface area contributed by atoms with E-state index in [0.717, 1.165) is 13.0 Å². The van der Waals surface area contributed by atoms with Crippen LogP contribution in [0, 0.1) is 0 Å². The highest BCUT2D eigenvalue weighted by molar-refractivity contribution is 5.02. The first-order valence-electron chi connectivity index (χ1n) is 5.70. The van der Waals surface area contributed by atoms with Crippen molar-refractivity contribution in [2.24, 2.45) is 0 Å². The van der Waals surface area contributed by atoms with Crippen LogP contribution in [0.2, 0.25) is 0 Å². The smallest absolute Gasteiger partial charge is 0.0664 e. The topological polar surface area (TPSA) is 23.5 Å². The van der Waals surface area contributed by atoms with Crippen molar-refractivity contribution in [3.63, 3.8) is 0 Å². The van der Waals surface area contributed by atoms with Crippen LogP contribution in [0.15, 0.2) is 0 Å². The van der Waals surface area contributed by atoms with E-state index in [1.165, 1.54) is 38.6 Å². The third-order valence-electron chi connectivity index (χ3n) is 3.93. The van der Waals surface area contributed by atoms with Gasteiger partial charge in [0.05, 0.1) is 6.10 Å². The molecule has 0 radical (unpaired) electrons. The van der Waals surface area contributed by atoms with Crippen LogP contribution in [0.25, 0.3) is 0 Å². The molecule has 1 saturated heterocycles. The molecule has 2 nitrogen and oxygen atoms in total. The van der Waals surface area contributed by atoms with E-state index in [4.69, 9.17) is 0 Å². The van der Waals surface area contributed by atoms with E-state index in [2.05, 4.69) is 11.8 Å². The average Bonchev–Trinajstić information content (AvgIpc) is 2.47. The van der Waals surface area contributed by atoms with Crippen molar-refractivity contribution < 1.29 is 5.11 Å². The van der Waals surface area contributed by atoms with Crippen LogP contribution in [0.3, 0.4) is 0 Å². The molecule has 2 rings (SSSR count). The third kappa shape index (κ3) is 1.62. The molecule has 2 heteroatoms. The van der Waals surface area contributed by atoms with Crippen LogP contribution in [0.5, 0.6) is 0 Å². The van der Waals surface area contributed by atoms with Crippen LogP contribution in [0.1, 0.15) is 45.4 Å². The fourth-order valence-electron chi connectivity index (χ4n) is 2.81. The van der Waals surface area contributed by atoms with Crippen molar-refractivity contribution in [3.05, 3.63) is 0 Å². The molecule has 1 atom stereocenters. The summed E-state index contributed by atoms with van der Waals surface area (Å²) < 4.78 is 0. The predicted molar refractivity (Wildman–Crippen MR) is 53.7 cm³/mol. The van der Waals surface area contributed by atoms with E-state index >= 15 is 0 Å². The Kier molecular flexibility index (Phi) is 2.61. The van der Waals surface area contributed by atoms with Crippen molar-refractivity contribution in [2.45, 2.75) is 57.1 Å². The Balaban J connectivity index is 1.90. The summed E-state index contributed by atoms with van der Waals surface area (Å²) in [6.07, 6.45) is 7.67. The van der Waals surface area contributed by atoms with Gasteiger partial charge in [0, 0.05) is 12.1 Å². The lowest BCUT2D eigenvalue weighted by Crippen LogP contribution is -2.51. The third-order valence-corrected chi connectivity index (χ3v) is 3.93. The number of hydrogen-bond acceptors (Lipinski definition) is 2. The molecule has 0 aromatic heterocycles. The number of nitrogens with zero attached hydrogens (tertiary/aromatic N) is 1. The molecule has 0 aromatic rings. The molecule has 0 amide bonds. The first kappa shape index (κ1) is 9.47. The molecule has 1 aliphatic carbocycles. The standard InChI is InChI=1S/C11H21NO/c1-2-10(13)9-12-8-4-7-11(12)5-3-6-11/h10,13H,2-9H2,1H3. The second kappa shape index (κ2) is 3.58. The van der Waals surface area contributed by atoms with E-state index in [1.807, 2.05) is 0 Å². The predicted octanol–water partition coefficient (Wildman–Crippen LogP) is 1.78. The summed E-state index contributed by atoms with van der Waals surface area (Å²) in [4.78, 5) is 2.55. The Morgan fingerprint density at radius 3 is 2.54 bits per heavy atom. The van der Waals surface area contributed by atoms with Crippen LogP contribution in [0.4, 0.5) is 0 Å². The van der Waals surface area contributed by atoms with Gasteiger partial charge in [-0.1, -0.05) is 6.92 Å². The van der Waals surface area contributed by atoms with E-state index in [9.17, 15) is 5.11 Å². The molecule has 1 N–H and O–H groups in total. The monoisotopic (exact) mass is 183 g/mol. The molecule has 2 fully saturated rings. The van der Waals surface area contributed by atoms with E-state index < -0.39 is 0 Å². The Bertz CT molecular complexity index is 177. The largest absolute Gasteiger partial charge is 0.392 e. The zero-order valence-electron chi connectivity index (χ0n) is 8.63. The van der Waals surface area contributed by atoms with E-state index in [1.54, 1.807) is 0 Å². The minimum Gasteiger partial charge on any atom is -0.392 e. The second-order valence-electron chi connectivity index (χ2n) is 4.69. The molecule has 1 heterocycles. The van der Waals surface area contributed by atoms with Gasteiger partial charge < -0.3 is 5.11 Å². The van der Waals surface area contributed by atoms with Crippen molar-refractivity contribution in [2.75, 3.05) is 13.1 Å². The van der Waals surface area contributed by atoms with Gasteiger partial charge in [-0.25, -0.2) is 0 Å². The van der Waals surface area contributed by atoms with Gasteiger partial charge in [-0.15, -0.1) is 0 Å². The highest BCUT2D eigenvalue weighted by atomic mass is 16.3. The summed E-state index contributed by atoms with van der Waals surface area (Å²) in [6.45, 7) is 4.20. The minimum absolute atomic E-state index is 0.101. The van der Waals surface area contributed by atoms with Gasteiger partial charge in [0.1, 0.15) is 0 Å². The van der Waals surface area contributed by atoms with Crippen LogP contribution >= 0.6 is 0 Å². The second-order valence-corrected chi connectivity index (χ2v) is 4.69. The van der Waals surface area contributed by atoms with Gasteiger partial charge in [-0.3, -0.25) is 4.90 Å². The fourth-order valence-corrected chi connectivity index (χ4v) is 2.81. The maximum Gasteiger partial charge on any atom is 0.0664 e. The zero-order chi connectivity index (χ0) is 9.31. The Morgan fingerprint density at radius 2 is 2.00 bits per heavy atom. The maximum absolute atomic E-state index is 9.63. The summed E-state index contributed by atoms with van der Waals surface area (Å²) >= 11 is 0. The van der Waals surface area contributed by atoms with Gasteiger partial charge in [0.25, 0.3) is 0 Å².